The highest BCUT2D eigenvalue weighted by molar-refractivity contribution is 7.92. The molecule has 0 radical (unpaired) electrons. The van der Waals surface area contributed by atoms with Crippen molar-refractivity contribution in [2.45, 2.75) is 18.7 Å². The second-order valence-corrected chi connectivity index (χ2v) is 6.96. The summed E-state index contributed by atoms with van der Waals surface area (Å²) >= 11 is 0. The van der Waals surface area contributed by atoms with E-state index in [1.54, 1.807) is 6.92 Å². The average molecular weight is 365 g/mol. The topological polar surface area (TPSA) is 124 Å². The summed E-state index contributed by atoms with van der Waals surface area (Å²) < 4.78 is 26.8. The molecule has 2 aromatic carbocycles. The second kappa shape index (κ2) is 6.85. The Morgan fingerprint density at radius 1 is 1.00 bits per heavy atom. The van der Waals surface area contributed by atoms with Crippen molar-refractivity contribution in [2.24, 2.45) is 0 Å². The Morgan fingerprint density at radius 2 is 1.60 bits per heavy atom. The van der Waals surface area contributed by atoms with E-state index in [1.165, 1.54) is 25.1 Å². The van der Waals surface area contributed by atoms with Gasteiger partial charge in [-0.05, 0) is 32.0 Å². The molecule has 0 saturated heterocycles. The van der Waals surface area contributed by atoms with Gasteiger partial charge in [-0.15, -0.1) is 0 Å². The lowest BCUT2D eigenvalue weighted by atomic mass is 10.1. The Hall–Kier alpha value is -3.01. The Morgan fingerprint density at radius 3 is 2.08 bits per heavy atom. The highest BCUT2D eigenvalue weighted by Gasteiger charge is 2.27. The Bertz CT molecular complexity index is 925. The van der Waals surface area contributed by atoms with Gasteiger partial charge in [0, 0.05) is 24.7 Å². The molecule has 25 heavy (non-hydrogen) atoms. The van der Waals surface area contributed by atoms with Gasteiger partial charge in [0.15, 0.2) is 0 Å². The molecular formula is C15H15N3O6S. The number of anilines is 1. The van der Waals surface area contributed by atoms with Crippen LogP contribution in [-0.4, -0.2) is 24.8 Å². The summed E-state index contributed by atoms with van der Waals surface area (Å²) in [5.74, 6) is 0. The summed E-state index contributed by atoms with van der Waals surface area (Å²) in [6, 6.07) is 8.67. The van der Waals surface area contributed by atoms with Gasteiger partial charge in [-0.2, -0.15) is 0 Å². The van der Waals surface area contributed by atoms with Crippen LogP contribution in [0.25, 0.3) is 0 Å². The van der Waals surface area contributed by atoms with Crippen LogP contribution in [0.5, 0.6) is 0 Å². The van der Waals surface area contributed by atoms with E-state index in [0.717, 1.165) is 28.6 Å². The summed E-state index contributed by atoms with van der Waals surface area (Å²) in [5.41, 5.74) is -0.00160. The number of non-ortho nitro benzene ring substituents is 1. The number of rotatable bonds is 6. The molecular weight excluding hydrogens is 350 g/mol. The summed E-state index contributed by atoms with van der Waals surface area (Å²) in [6.07, 6.45) is 0. The highest BCUT2D eigenvalue weighted by Crippen LogP contribution is 2.32. The molecule has 0 aromatic heterocycles. The summed E-state index contributed by atoms with van der Waals surface area (Å²) in [6.45, 7) is 3.12. The number of hydrogen-bond acceptors (Lipinski definition) is 6. The van der Waals surface area contributed by atoms with Crippen LogP contribution in [0.4, 0.5) is 17.1 Å². The molecule has 0 heterocycles. The Labute approximate surface area is 143 Å². The molecule has 9 nitrogen and oxygen atoms in total. The lowest BCUT2D eigenvalue weighted by molar-refractivity contribution is -0.385. The van der Waals surface area contributed by atoms with E-state index in [0.29, 0.717) is 0 Å². The Kier molecular flexibility index (Phi) is 5.02. The van der Waals surface area contributed by atoms with E-state index < -0.39 is 19.9 Å². The maximum Gasteiger partial charge on any atom is 0.274 e. The van der Waals surface area contributed by atoms with E-state index in [2.05, 4.69) is 0 Å². The molecule has 0 fully saturated rings. The quantitative estimate of drug-likeness (QED) is 0.572. The van der Waals surface area contributed by atoms with Gasteiger partial charge in [-0.1, -0.05) is 6.07 Å². The molecule has 0 atom stereocenters. The fourth-order valence-corrected chi connectivity index (χ4v) is 3.95. The predicted molar refractivity (Wildman–Crippen MR) is 91.1 cm³/mol. The van der Waals surface area contributed by atoms with Gasteiger partial charge in [-0.25, -0.2) is 8.42 Å². The van der Waals surface area contributed by atoms with E-state index in [9.17, 15) is 28.6 Å². The minimum atomic E-state index is -4.02. The van der Waals surface area contributed by atoms with Crippen molar-refractivity contribution in [1.29, 1.82) is 0 Å². The zero-order valence-corrected chi connectivity index (χ0v) is 14.3. The molecule has 132 valence electrons. The minimum Gasteiger partial charge on any atom is -0.266 e. The van der Waals surface area contributed by atoms with E-state index in [1.807, 2.05) is 0 Å². The molecule has 0 N–H and O–H groups in total. The third kappa shape index (κ3) is 3.43. The number of nitro groups is 2. The van der Waals surface area contributed by atoms with Crippen molar-refractivity contribution < 1.29 is 18.3 Å². The zero-order chi connectivity index (χ0) is 18.8. The fraction of sp³-hybridized carbons (Fsp3) is 0.200. The Balaban J connectivity index is 2.54. The van der Waals surface area contributed by atoms with Crippen molar-refractivity contribution >= 4 is 27.1 Å². The van der Waals surface area contributed by atoms with Crippen molar-refractivity contribution in [1.82, 2.24) is 0 Å². The lowest BCUT2D eigenvalue weighted by Crippen LogP contribution is -2.31. The van der Waals surface area contributed by atoms with Crippen LogP contribution >= 0.6 is 0 Å². The summed E-state index contributed by atoms with van der Waals surface area (Å²) in [5, 5.41) is 21.8. The third-order valence-corrected chi connectivity index (χ3v) is 5.57. The maximum absolute atomic E-state index is 12.9. The molecule has 0 spiro atoms. The first-order valence-electron chi connectivity index (χ1n) is 7.21. The van der Waals surface area contributed by atoms with Crippen LogP contribution in [0, 0.1) is 27.2 Å². The van der Waals surface area contributed by atoms with Gasteiger partial charge < -0.3 is 0 Å². The minimum absolute atomic E-state index is 0.0430. The number of nitrogens with zero attached hydrogens (tertiary/aromatic N) is 3. The first-order chi connectivity index (χ1) is 11.7. The number of benzene rings is 2. The molecule has 0 saturated carbocycles. The van der Waals surface area contributed by atoms with E-state index in [-0.39, 0.29) is 34.1 Å². The van der Waals surface area contributed by atoms with Gasteiger partial charge >= 0.3 is 0 Å². The number of sulfonamides is 1. The maximum atomic E-state index is 12.9. The zero-order valence-electron chi connectivity index (χ0n) is 13.4. The first-order valence-corrected chi connectivity index (χ1v) is 8.65. The van der Waals surface area contributed by atoms with Gasteiger partial charge in [0.1, 0.15) is 0 Å². The van der Waals surface area contributed by atoms with Crippen LogP contribution in [0.1, 0.15) is 12.5 Å². The molecule has 2 aromatic rings. The predicted octanol–water partition coefficient (Wildman–Crippen LogP) is 3.03. The lowest BCUT2D eigenvalue weighted by Gasteiger charge is -2.24. The number of nitro benzene ring substituents is 2. The largest absolute Gasteiger partial charge is 0.274 e. The van der Waals surface area contributed by atoms with Crippen LogP contribution in [0.15, 0.2) is 47.4 Å². The van der Waals surface area contributed by atoms with Gasteiger partial charge in [0.2, 0.25) is 0 Å². The number of hydrogen-bond donors (Lipinski definition) is 0. The van der Waals surface area contributed by atoms with E-state index >= 15 is 0 Å². The van der Waals surface area contributed by atoms with Crippen molar-refractivity contribution in [3.8, 4) is 0 Å². The molecule has 0 aliphatic carbocycles. The summed E-state index contributed by atoms with van der Waals surface area (Å²) in [4.78, 5) is 20.4. The standard InChI is InChI=1S/C15H15N3O6S/c1-3-16(14-5-4-6-15(11(14)2)18(21)22)25(23,24)13-9-7-12(8-10-13)17(19)20/h4-10H,3H2,1-2H3. The van der Waals surface area contributed by atoms with Crippen LogP contribution in [-0.2, 0) is 10.0 Å². The molecule has 0 bridgehead atoms. The molecule has 0 amide bonds. The molecule has 0 aliphatic rings. The molecule has 0 unspecified atom stereocenters. The molecule has 2 rings (SSSR count). The van der Waals surface area contributed by atoms with Crippen LogP contribution < -0.4 is 4.31 Å². The third-order valence-electron chi connectivity index (χ3n) is 3.66. The normalized spacial score (nSPS) is 11.1. The van der Waals surface area contributed by atoms with Crippen LogP contribution in [0.2, 0.25) is 0 Å². The first kappa shape index (κ1) is 18.3. The SMILES string of the molecule is CCN(c1cccc([N+](=O)[O-])c1C)S(=O)(=O)c1ccc([N+](=O)[O-])cc1. The van der Waals surface area contributed by atoms with Gasteiger partial charge in [0.05, 0.1) is 26.0 Å². The van der Waals surface area contributed by atoms with Crippen molar-refractivity contribution in [2.75, 3.05) is 10.8 Å². The van der Waals surface area contributed by atoms with Crippen molar-refractivity contribution in [3.05, 3.63) is 68.3 Å². The average Bonchev–Trinajstić information content (AvgIpc) is 2.56. The van der Waals surface area contributed by atoms with E-state index in [4.69, 9.17) is 0 Å². The highest BCUT2D eigenvalue weighted by atomic mass is 32.2. The van der Waals surface area contributed by atoms with Crippen LogP contribution in [0.3, 0.4) is 0 Å². The molecule has 10 heteroatoms. The van der Waals surface area contributed by atoms with Gasteiger partial charge in [-0.3, -0.25) is 24.5 Å². The van der Waals surface area contributed by atoms with Crippen molar-refractivity contribution in [3.63, 3.8) is 0 Å². The monoisotopic (exact) mass is 365 g/mol. The molecule has 0 aliphatic heterocycles. The summed E-state index contributed by atoms with van der Waals surface area (Å²) in [7, 11) is -4.02. The smallest absolute Gasteiger partial charge is 0.266 e. The second-order valence-electron chi connectivity index (χ2n) is 5.10. The fourth-order valence-electron chi connectivity index (χ4n) is 2.42. The van der Waals surface area contributed by atoms with Gasteiger partial charge in [0.25, 0.3) is 21.4 Å².